The van der Waals surface area contributed by atoms with Crippen LogP contribution in [0.3, 0.4) is 0 Å². The van der Waals surface area contributed by atoms with Gasteiger partial charge in [0.1, 0.15) is 17.9 Å². The van der Waals surface area contributed by atoms with Crippen LogP contribution >= 0.6 is 0 Å². The van der Waals surface area contributed by atoms with Gasteiger partial charge in [-0.3, -0.25) is 28.8 Å². The van der Waals surface area contributed by atoms with Crippen molar-refractivity contribution in [3.8, 4) is 0 Å². The molecular formula is C37H52BN3O8. The number of aliphatic carboxylic acids is 1. The van der Waals surface area contributed by atoms with Gasteiger partial charge in [0.05, 0.1) is 12.5 Å². The Balaban J connectivity index is 1.76. The molecule has 0 aliphatic carbocycles. The summed E-state index contributed by atoms with van der Waals surface area (Å²) in [5.74, 6) is -3.70. The van der Waals surface area contributed by atoms with Crippen molar-refractivity contribution in [2.45, 2.75) is 116 Å². The summed E-state index contributed by atoms with van der Waals surface area (Å²) in [4.78, 5) is 78.9. The second kappa shape index (κ2) is 18.6. The molecule has 12 heteroatoms. The molecule has 0 unspecified atom stereocenters. The van der Waals surface area contributed by atoms with Gasteiger partial charge in [-0.15, -0.1) is 0 Å². The van der Waals surface area contributed by atoms with Gasteiger partial charge in [0, 0.05) is 38.1 Å². The minimum atomic E-state index is -1.09. The quantitative estimate of drug-likeness (QED) is 0.160. The highest BCUT2D eigenvalue weighted by molar-refractivity contribution is 6.50. The van der Waals surface area contributed by atoms with Crippen LogP contribution in [0, 0.1) is 11.8 Å². The maximum Gasteiger partial charge on any atom is 0.303 e. The van der Waals surface area contributed by atoms with E-state index in [0.29, 0.717) is 32.2 Å². The van der Waals surface area contributed by atoms with Crippen LogP contribution in [0.5, 0.6) is 0 Å². The summed E-state index contributed by atoms with van der Waals surface area (Å²) >= 11 is 0. The van der Waals surface area contributed by atoms with E-state index in [9.17, 15) is 33.8 Å². The smallest absolute Gasteiger partial charge is 0.303 e. The third-order valence-electron chi connectivity index (χ3n) is 9.45. The first-order valence-electron chi connectivity index (χ1n) is 17.5. The van der Waals surface area contributed by atoms with Gasteiger partial charge in [-0.2, -0.15) is 0 Å². The van der Waals surface area contributed by atoms with E-state index in [1.54, 1.807) is 13.7 Å². The Hall–Kier alpha value is -4.06. The van der Waals surface area contributed by atoms with Crippen molar-refractivity contribution >= 4 is 52.9 Å². The van der Waals surface area contributed by atoms with Crippen LogP contribution in [0.4, 0.5) is 0 Å². The highest BCUT2D eigenvalue weighted by Gasteiger charge is 2.38. The molecule has 1 heterocycles. The number of likely N-dealkylation sites (tertiary alicyclic amines) is 1. The number of fused-ring (bicyclic) bond motifs is 1. The third-order valence-corrected chi connectivity index (χ3v) is 9.45. The van der Waals surface area contributed by atoms with Gasteiger partial charge in [0.25, 0.3) is 6.92 Å². The Kier molecular flexibility index (Phi) is 15.0. The van der Waals surface area contributed by atoms with E-state index in [2.05, 4.69) is 10.6 Å². The number of rotatable bonds is 19. The van der Waals surface area contributed by atoms with E-state index < -0.39 is 54.6 Å². The monoisotopic (exact) mass is 677 g/mol. The zero-order chi connectivity index (χ0) is 36.2. The SMILES string of the molecule is CC[C@H](CC(=O)CCC(=O)O)C(=O)N[C@H](C)C(=O)N1CCC[C@H]1C(=O)N[C@@H](Cc1cccc2ccccc12)C(=O)C[C@@H](CC(C)C)B(C)O. The summed E-state index contributed by atoms with van der Waals surface area (Å²) in [6, 6.07) is 11.0. The average molecular weight is 678 g/mol. The minimum Gasteiger partial charge on any atom is -0.481 e. The molecule has 0 spiro atoms. The number of carbonyl (C=O) groups excluding carboxylic acids is 5. The molecule has 0 radical (unpaired) electrons. The number of nitrogens with one attached hydrogen (secondary N) is 2. The van der Waals surface area contributed by atoms with Crippen LogP contribution in [0.1, 0.15) is 84.6 Å². The number of Topliss-reactive ketones (excluding diaryl/α,β-unsaturated/α-hetero) is 2. The lowest BCUT2D eigenvalue weighted by Gasteiger charge is -2.30. The molecule has 266 valence electrons. The van der Waals surface area contributed by atoms with Crippen LogP contribution in [0.15, 0.2) is 42.5 Å². The minimum absolute atomic E-state index is 0.0966. The standard InChI is InChI=1S/C37H52BN3O8/c1-6-25(20-29(42)16-17-34(44)45)35(46)39-24(4)37(48)41-18-10-15-32(41)36(47)40-31(33(43)22-28(38(5)49)19-23(2)3)21-27-13-9-12-26-11-7-8-14-30(26)27/h7-9,11-14,23-25,28,31-32,49H,6,10,15-22H2,1-5H3,(H,39,46)(H,40,47)(H,44,45)/t24-,25-,28-,31+,32+/m1/s1. The van der Waals surface area contributed by atoms with Gasteiger partial charge >= 0.3 is 5.97 Å². The predicted octanol–water partition coefficient (Wildman–Crippen LogP) is 4.20. The van der Waals surface area contributed by atoms with Crippen molar-refractivity contribution in [3.05, 3.63) is 48.0 Å². The van der Waals surface area contributed by atoms with E-state index >= 15 is 0 Å². The molecule has 5 atom stereocenters. The van der Waals surface area contributed by atoms with Gasteiger partial charge < -0.3 is 25.7 Å². The zero-order valence-corrected chi connectivity index (χ0v) is 29.4. The number of hydrogen-bond acceptors (Lipinski definition) is 7. The number of hydrogen-bond donors (Lipinski definition) is 4. The topological polar surface area (TPSA) is 170 Å². The largest absolute Gasteiger partial charge is 0.481 e. The summed E-state index contributed by atoms with van der Waals surface area (Å²) in [5.41, 5.74) is 0.900. The maximum absolute atomic E-state index is 13.9. The molecule has 1 aliphatic rings. The number of carboxylic acids is 1. The highest BCUT2D eigenvalue weighted by Crippen LogP contribution is 2.27. The number of benzene rings is 2. The second-order valence-corrected chi connectivity index (χ2v) is 13.9. The molecule has 3 amide bonds. The van der Waals surface area contributed by atoms with Crippen LogP contribution < -0.4 is 10.6 Å². The van der Waals surface area contributed by atoms with Crippen molar-refractivity contribution < 1.29 is 38.9 Å². The molecule has 1 saturated heterocycles. The first-order valence-corrected chi connectivity index (χ1v) is 17.5. The Labute approximate surface area is 289 Å². The molecule has 0 saturated carbocycles. The summed E-state index contributed by atoms with van der Waals surface area (Å²) < 4.78 is 0. The number of nitrogens with zero attached hydrogens (tertiary/aromatic N) is 1. The van der Waals surface area contributed by atoms with Crippen molar-refractivity contribution in [3.63, 3.8) is 0 Å². The lowest BCUT2D eigenvalue weighted by atomic mass is 9.54. The van der Waals surface area contributed by atoms with Crippen molar-refractivity contribution in [2.24, 2.45) is 11.8 Å². The molecule has 1 aliphatic heterocycles. The molecule has 3 rings (SSSR count). The fourth-order valence-electron chi connectivity index (χ4n) is 6.65. The van der Waals surface area contributed by atoms with Gasteiger partial charge in [-0.1, -0.05) is 76.5 Å². The lowest BCUT2D eigenvalue weighted by molar-refractivity contribution is -0.142. The molecule has 4 N–H and O–H groups in total. The normalized spacial score (nSPS) is 16.9. The Morgan fingerprint density at radius 3 is 2.31 bits per heavy atom. The number of carbonyl (C=O) groups is 6. The first kappa shape index (κ1) is 39.4. The van der Waals surface area contributed by atoms with Gasteiger partial charge in [0.15, 0.2) is 5.78 Å². The van der Waals surface area contributed by atoms with Crippen molar-refractivity contribution in [1.82, 2.24) is 15.5 Å². The van der Waals surface area contributed by atoms with Gasteiger partial charge in [-0.25, -0.2) is 0 Å². The first-order chi connectivity index (χ1) is 23.2. The molecule has 0 aromatic heterocycles. The van der Waals surface area contributed by atoms with Crippen molar-refractivity contribution in [1.29, 1.82) is 0 Å². The highest BCUT2D eigenvalue weighted by atomic mass is 16.4. The fraction of sp³-hybridized carbons (Fsp3) is 0.568. The van der Waals surface area contributed by atoms with E-state index in [0.717, 1.165) is 16.3 Å². The van der Waals surface area contributed by atoms with Crippen LogP contribution in [-0.2, 0) is 35.2 Å². The molecule has 2 aromatic rings. The molecule has 2 aromatic carbocycles. The van der Waals surface area contributed by atoms with Gasteiger partial charge in [-0.05, 0) is 54.3 Å². The van der Waals surface area contributed by atoms with Gasteiger partial charge in [0.2, 0.25) is 17.7 Å². The number of amides is 3. The van der Waals surface area contributed by atoms with Crippen LogP contribution in [0.2, 0.25) is 12.6 Å². The van der Waals surface area contributed by atoms with E-state index in [-0.39, 0.29) is 55.4 Å². The Bertz CT molecular complexity index is 1490. The van der Waals surface area contributed by atoms with E-state index in [4.69, 9.17) is 5.11 Å². The number of ketones is 2. The van der Waals surface area contributed by atoms with E-state index in [1.807, 2.05) is 56.3 Å². The fourth-order valence-corrected chi connectivity index (χ4v) is 6.65. The number of carboxylic acid groups (broad SMARTS) is 1. The van der Waals surface area contributed by atoms with Crippen LogP contribution in [-0.4, -0.2) is 81.9 Å². The summed E-state index contributed by atoms with van der Waals surface area (Å²) in [6.07, 6.45) is 1.70. The van der Waals surface area contributed by atoms with E-state index in [1.165, 1.54) is 11.8 Å². The molecule has 11 nitrogen and oxygen atoms in total. The summed E-state index contributed by atoms with van der Waals surface area (Å²) in [6.45, 7) is 8.64. The molecular weight excluding hydrogens is 625 g/mol. The summed E-state index contributed by atoms with van der Waals surface area (Å²) in [5, 5.41) is 27.0. The second-order valence-electron chi connectivity index (χ2n) is 13.9. The molecule has 0 bridgehead atoms. The van der Waals surface area contributed by atoms with Crippen LogP contribution in [0.25, 0.3) is 10.8 Å². The molecule has 49 heavy (non-hydrogen) atoms. The predicted molar refractivity (Wildman–Crippen MR) is 189 cm³/mol. The maximum atomic E-state index is 13.9. The average Bonchev–Trinajstić information content (AvgIpc) is 3.55. The van der Waals surface area contributed by atoms with Crippen molar-refractivity contribution in [2.75, 3.05) is 6.54 Å². The molecule has 1 fully saturated rings. The third kappa shape index (κ3) is 11.5. The Morgan fingerprint density at radius 2 is 1.65 bits per heavy atom. The zero-order valence-electron chi connectivity index (χ0n) is 29.4. The summed E-state index contributed by atoms with van der Waals surface area (Å²) in [7, 11) is 0. The Morgan fingerprint density at radius 1 is 0.959 bits per heavy atom. The lowest BCUT2D eigenvalue weighted by Crippen LogP contribution is -2.55.